The van der Waals surface area contributed by atoms with E-state index in [1.54, 1.807) is 0 Å². The molecule has 0 aromatic carbocycles. The second-order valence-corrected chi connectivity index (χ2v) is 5.58. The average Bonchev–Trinajstić information content (AvgIpc) is 2.34. The van der Waals surface area contributed by atoms with E-state index in [2.05, 4.69) is 12.2 Å². The minimum Gasteiger partial charge on any atom is -0.480 e. The van der Waals surface area contributed by atoms with Crippen LogP contribution in [0.1, 0.15) is 45.4 Å². The summed E-state index contributed by atoms with van der Waals surface area (Å²) in [7, 11) is 1.52. The molecular formula is C14H25NO4. The maximum Gasteiger partial charge on any atom is 0.326 e. The minimum atomic E-state index is -0.998. The highest BCUT2D eigenvalue weighted by Crippen LogP contribution is 2.30. The third-order valence-corrected chi connectivity index (χ3v) is 3.76. The van der Waals surface area contributed by atoms with Crippen LogP contribution in [0.4, 0.5) is 0 Å². The molecule has 1 amide bonds. The Labute approximate surface area is 114 Å². The number of hydrogen-bond acceptors (Lipinski definition) is 3. The summed E-state index contributed by atoms with van der Waals surface area (Å²) in [5.74, 6) is -0.0686. The smallest absolute Gasteiger partial charge is 0.326 e. The summed E-state index contributed by atoms with van der Waals surface area (Å²) in [6, 6.07) is -0.839. The number of ether oxygens (including phenoxy) is 1. The maximum atomic E-state index is 11.9. The van der Waals surface area contributed by atoms with Crippen molar-refractivity contribution in [3.05, 3.63) is 0 Å². The summed E-state index contributed by atoms with van der Waals surface area (Å²) in [6.07, 6.45) is 5.31. The van der Waals surface area contributed by atoms with Crippen molar-refractivity contribution in [1.82, 2.24) is 5.32 Å². The monoisotopic (exact) mass is 271 g/mol. The Kier molecular flexibility index (Phi) is 6.84. The van der Waals surface area contributed by atoms with E-state index < -0.39 is 12.0 Å². The van der Waals surface area contributed by atoms with Gasteiger partial charge in [-0.3, -0.25) is 4.79 Å². The Balaban J connectivity index is 2.37. The number of hydrogen-bond donors (Lipinski definition) is 2. The van der Waals surface area contributed by atoms with E-state index in [4.69, 9.17) is 9.84 Å². The van der Waals surface area contributed by atoms with Crippen molar-refractivity contribution in [3.8, 4) is 0 Å². The largest absolute Gasteiger partial charge is 0.480 e. The van der Waals surface area contributed by atoms with Gasteiger partial charge in [0.1, 0.15) is 6.04 Å². The van der Waals surface area contributed by atoms with E-state index in [9.17, 15) is 9.59 Å². The van der Waals surface area contributed by atoms with Gasteiger partial charge in [-0.25, -0.2) is 4.79 Å². The van der Waals surface area contributed by atoms with Crippen LogP contribution in [-0.2, 0) is 14.3 Å². The predicted octanol–water partition coefficient (Wildman–Crippen LogP) is 1.81. The van der Waals surface area contributed by atoms with E-state index in [1.807, 2.05) is 0 Å². The summed E-state index contributed by atoms with van der Waals surface area (Å²) in [4.78, 5) is 22.9. The van der Waals surface area contributed by atoms with Crippen LogP contribution < -0.4 is 5.32 Å². The van der Waals surface area contributed by atoms with Crippen LogP contribution in [-0.4, -0.2) is 36.7 Å². The van der Waals surface area contributed by atoms with Gasteiger partial charge in [-0.1, -0.05) is 19.8 Å². The SMILES string of the molecule is COCCC(NC(=O)CC1CCCC(C)C1)C(=O)O. The molecule has 3 atom stereocenters. The van der Waals surface area contributed by atoms with E-state index >= 15 is 0 Å². The Hall–Kier alpha value is -1.10. The molecule has 1 saturated carbocycles. The fourth-order valence-corrected chi connectivity index (χ4v) is 2.75. The highest BCUT2D eigenvalue weighted by Gasteiger charge is 2.24. The van der Waals surface area contributed by atoms with E-state index in [-0.39, 0.29) is 5.91 Å². The third kappa shape index (κ3) is 6.05. The normalized spacial score (nSPS) is 24.7. The maximum absolute atomic E-state index is 11.9. The lowest BCUT2D eigenvalue weighted by Gasteiger charge is -2.26. The number of carbonyl (C=O) groups is 2. The molecule has 0 aliphatic heterocycles. The molecule has 3 unspecified atom stereocenters. The summed E-state index contributed by atoms with van der Waals surface area (Å²) in [6.45, 7) is 2.54. The molecule has 0 radical (unpaired) electrons. The van der Waals surface area contributed by atoms with Gasteiger partial charge in [-0.05, 0) is 24.7 Å². The van der Waals surface area contributed by atoms with Crippen LogP contribution in [0.25, 0.3) is 0 Å². The fourth-order valence-electron chi connectivity index (χ4n) is 2.75. The number of methoxy groups -OCH3 is 1. The Morgan fingerprint density at radius 3 is 2.74 bits per heavy atom. The number of aliphatic carboxylic acids is 1. The molecule has 19 heavy (non-hydrogen) atoms. The predicted molar refractivity (Wildman–Crippen MR) is 71.8 cm³/mol. The molecule has 0 aromatic heterocycles. The molecule has 1 rings (SSSR count). The summed E-state index contributed by atoms with van der Waals surface area (Å²) < 4.78 is 4.85. The molecule has 0 aromatic rings. The van der Waals surface area contributed by atoms with Gasteiger partial charge in [-0.15, -0.1) is 0 Å². The lowest BCUT2D eigenvalue weighted by molar-refractivity contribution is -0.142. The number of amides is 1. The first-order valence-electron chi connectivity index (χ1n) is 7.04. The topological polar surface area (TPSA) is 75.6 Å². The lowest BCUT2D eigenvalue weighted by Crippen LogP contribution is -2.42. The molecule has 1 aliphatic carbocycles. The van der Waals surface area contributed by atoms with Crippen LogP contribution in [0.5, 0.6) is 0 Å². The quantitative estimate of drug-likeness (QED) is 0.740. The molecule has 2 N–H and O–H groups in total. The molecule has 0 spiro atoms. The van der Waals surface area contributed by atoms with Gasteiger partial charge in [0.2, 0.25) is 5.91 Å². The third-order valence-electron chi connectivity index (χ3n) is 3.76. The molecule has 5 nitrogen and oxygen atoms in total. The Bertz CT molecular complexity index is 306. The van der Waals surface area contributed by atoms with Crippen LogP contribution in [0.15, 0.2) is 0 Å². The second kappa shape index (κ2) is 8.15. The number of nitrogens with one attached hydrogen (secondary N) is 1. The summed E-state index contributed by atoms with van der Waals surface area (Å²) in [5.41, 5.74) is 0. The standard InChI is InChI=1S/C14H25NO4/c1-10-4-3-5-11(8-10)9-13(16)15-12(14(17)18)6-7-19-2/h10-12H,3-9H2,1-2H3,(H,15,16)(H,17,18). The fraction of sp³-hybridized carbons (Fsp3) is 0.857. The summed E-state index contributed by atoms with van der Waals surface area (Å²) >= 11 is 0. The number of carbonyl (C=O) groups excluding carboxylic acids is 1. The Morgan fingerprint density at radius 1 is 1.42 bits per heavy atom. The molecule has 0 saturated heterocycles. The van der Waals surface area contributed by atoms with Gasteiger partial charge in [0.15, 0.2) is 0 Å². The van der Waals surface area contributed by atoms with Crippen molar-refractivity contribution in [3.63, 3.8) is 0 Å². The molecule has 5 heteroatoms. The average molecular weight is 271 g/mol. The zero-order valence-corrected chi connectivity index (χ0v) is 11.9. The first kappa shape index (κ1) is 16.0. The van der Waals surface area contributed by atoms with Crippen molar-refractivity contribution >= 4 is 11.9 Å². The van der Waals surface area contributed by atoms with Crippen molar-refractivity contribution in [2.24, 2.45) is 11.8 Å². The van der Waals surface area contributed by atoms with Gasteiger partial charge in [-0.2, -0.15) is 0 Å². The number of rotatable bonds is 7. The molecule has 0 bridgehead atoms. The van der Waals surface area contributed by atoms with Crippen LogP contribution in [0, 0.1) is 11.8 Å². The Morgan fingerprint density at radius 2 is 2.16 bits per heavy atom. The minimum absolute atomic E-state index is 0.150. The first-order chi connectivity index (χ1) is 9.02. The second-order valence-electron chi connectivity index (χ2n) is 5.58. The van der Waals surface area contributed by atoms with Crippen molar-refractivity contribution < 1.29 is 19.4 Å². The highest BCUT2D eigenvalue weighted by atomic mass is 16.5. The van der Waals surface area contributed by atoms with Gasteiger partial charge >= 0.3 is 5.97 Å². The van der Waals surface area contributed by atoms with E-state index in [1.165, 1.54) is 20.0 Å². The lowest BCUT2D eigenvalue weighted by atomic mass is 9.81. The molecule has 1 aliphatic rings. The zero-order chi connectivity index (χ0) is 14.3. The van der Waals surface area contributed by atoms with Crippen LogP contribution in [0.3, 0.4) is 0 Å². The van der Waals surface area contributed by atoms with Crippen LogP contribution >= 0.6 is 0 Å². The van der Waals surface area contributed by atoms with Crippen LogP contribution in [0.2, 0.25) is 0 Å². The number of carboxylic acids is 1. The summed E-state index contributed by atoms with van der Waals surface area (Å²) in [5, 5.41) is 11.6. The molecular weight excluding hydrogens is 246 g/mol. The zero-order valence-electron chi connectivity index (χ0n) is 11.9. The van der Waals surface area contributed by atoms with E-state index in [0.717, 1.165) is 12.8 Å². The first-order valence-corrected chi connectivity index (χ1v) is 7.04. The van der Waals surface area contributed by atoms with Gasteiger partial charge in [0, 0.05) is 26.6 Å². The number of carboxylic acid groups (broad SMARTS) is 1. The van der Waals surface area contributed by atoms with Gasteiger partial charge in [0.25, 0.3) is 0 Å². The van der Waals surface area contributed by atoms with Gasteiger partial charge < -0.3 is 15.2 Å². The van der Waals surface area contributed by atoms with Crippen molar-refractivity contribution in [1.29, 1.82) is 0 Å². The van der Waals surface area contributed by atoms with Gasteiger partial charge in [0.05, 0.1) is 0 Å². The molecule has 110 valence electrons. The van der Waals surface area contributed by atoms with Crippen molar-refractivity contribution in [2.75, 3.05) is 13.7 Å². The molecule has 0 heterocycles. The highest BCUT2D eigenvalue weighted by molar-refractivity contribution is 5.83. The van der Waals surface area contributed by atoms with E-state index in [0.29, 0.717) is 31.3 Å². The van der Waals surface area contributed by atoms with Crippen molar-refractivity contribution in [2.45, 2.75) is 51.5 Å². The molecule has 1 fully saturated rings.